The molecule has 0 saturated carbocycles. The summed E-state index contributed by atoms with van der Waals surface area (Å²) >= 11 is 2.81. The molecular weight excluding hydrogens is 462 g/mol. The summed E-state index contributed by atoms with van der Waals surface area (Å²) < 4.78 is 28.1. The second kappa shape index (κ2) is 10.1. The van der Waals surface area contributed by atoms with Crippen molar-refractivity contribution in [3.05, 3.63) is 76.5 Å². The molecule has 0 bridgehead atoms. The molecule has 6 nitrogen and oxygen atoms in total. The van der Waals surface area contributed by atoms with E-state index in [2.05, 4.69) is 10.2 Å². The van der Waals surface area contributed by atoms with Gasteiger partial charge in [0.05, 0.1) is 0 Å². The smallest absolute Gasteiger partial charge is 0.263 e. The highest BCUT2D eigenvalue weighted by atomic mass is 32.2. The summed E-state index contributed by atoms with van der Waals surface area (Å²) in [5.41, 5.74) is 2.06. The van der Waals surface area contributed by atoms with Crippen molar-refractivity contribution in [1.82, 2.24) is 9.62 Å². The molecule has 0 radical (unpaired) electrons. The summed E-state index contributed by atoms with van der Waals surface area (Å²) in [5, 5.41) is 4.52. The van der Waals surface area contributed by atoms with E-state index in [1.807, 2.05) is 60.9 Å². The highest BCUT2D eigenvalue weighted by Gasteiger charge is 2.32. The summed E-state index contributed by atoms with van der Waals surface area (Å²) in [6.45, 7) is 2.34. The minimum atomic E-state index is -3.74. The Balaban J connectivity index is 1.41. The third-order valence-electron chi connectivity index (χ3n) is 5.43. The number of amides is 1. The van der Waals surface area contributed by atoms with Crippen LogP contribution in [0.3, 0.4) is 0 Å². The quantitative estimate of drug-likeness (QED) is 0.512. The molecule has 0 aliphatic carbocycles. The third kappa shape index (κ3) is 5.01. The van der Waals surface area contributed by atoms with Crippen LogP contribution in [0.4, 0.5) is 5.69 Å². The molecule has 1 fully saturated rings. The molecule has 2 aromatic carbocycles. The van der Waals surface area contributed by atoms with Gasteiger partial charge in [-0.3, -0.25) is 4.79 Å². The van der Waals surface area contributed by atoms with Crippen molar-refractivity contribution in [2.75, 3.05) is 37.3 Å². The summed E-state index contributed by atoms with van der Waals surface area (Å²) in [4.78, 5) is 16.4. The second-order valence-electron chi connectivity index (χ2n) is 7.37. The van der Waals surface area contributed by atoms with Crippen LogP contribution in [0.2, 0.25) is 0 Å². The maximum atomic E-state index is 13.3. The Bertz CT molecular complexity index is 1150. The number of thioether (sulfide) groups is 1. The lowest BCUT2D eigenvalue weighted by Crippen LogP contribution is -2.48. The minimum Gasteiger partial charge on any atom is -0.369 e. The predicted octanol–water partition coefficient (Wildman–Crippen LogP) is 3.91. The number of anilines is 1. The zero-order valence-electron chi connectivity index (χ0n) is 17.7. The van der Waals surface area contributed by atoms with Crippen molar-refractivity contribution in [3.8, 4) is 0 Å². The molecule has 0 unspecified atom stereocenters. The van der Waals surface area contributed by atoms with Crippen LogP contribution in [0.25, 0.3) is 0 Å². The van der Waals surface area contributed by atoms with Crippen LogP contribution in [-0.4, -0.2) is 51.1 Å². The molecule has 1 N–H and O–H groups in total. The van der Waals surface area contributed by atoms with E-state index in [4.69, 9.17) is 0 Å². The molecule has 1 saturated heterocycles. The number of thiophene rings is 1. The lowest BCUT2D eigenvalue weighted by molar-refractivity contribution is 0.0952. The molecule has 32 heavy (non-hydrogen) atoms. The van der Waals surface area contributed by atoms with E-state index < -0.39 is 10.0 Å². The van der Waals surface area contributed by atoms with Crippen LogP contribution >= 0.6 is 23.1 Å². The van der Waals surface area contributed by atoms with Crippen molar-refractivity contribution in [3.63, 3.8) is 0 Å². The van der Waals surface area contributed by atoms with Crippen molar-refractivity contribution in [2.45, 2.75) is 16.3 Å². The fraction of sp³-hybridized carbons (Fsp3) is 0.261. The predicted molar refractivity (Wildman–Crippen MR) is 131 cm³/mol. The first-order valence-corrected chi connectivity index (χ1v) is 13.8. The van der Waals surface area contributed by atoms with Crippen LogP contribution in [0, 0.1) is 0 Å². The molecule has 1 aliphatic heterocycles. The second-order valence-corrected chi connectivity index (χ2v) is 11.1. The number of nitrogens with one attached hydrogen (secondary N) is 1. The fourth-order valence-corrected chi connectivity index (χ4v) is 6.78. The standard InChI is InChI=1S/C23H25N3O3S3/c1-30-20-9-7-18(8-10-20)17-24-23(27)22-21(11-16-31-22)32(28,29)26-14-12-25(13-15-26)19-5-3-2-4-6-19/h2-11,16H,12-15,17H2,1H3,(H,24,27). The van der Waals surface area contributed by atoms with Gasteiger partial charge in [0.15, 0.2) is 0 Å². The number of nitrogens with zero attached hydrogens (tertiary/aromatic N) is 2. The van der Waals surface area contributed by atoms with E-state index in [0.717, 1.165) is 27.5 Å². The fourth-order valence-electron chi connectivity index (χ4n) is 3.64. The number of carbonyl (C=O) groups is 1. The number of sulfonamides is 1. The van der Waals surface area contributed by atoms with Gasteiger partial charge < -0.3 is 10.2 Å². The Morgan fingerprint density at radius 1 is 1.00 bits per heavy atom. The Morgan fingerprint density at radius 3 is 2.34 bits per heavy atom. The van der Waals surface area contributed by atoms with Gasteiger partial charge in [-0.2, -0.15) is 4.31 Å². The van der Waals surface area contributed by atoms with Crippen LogP contribution in [0.5, 0.6) is 0 Å². The Labute approximate surface area is 197 Å². The largest absolute Gasteiger partial charge is 0.369 e. The average Bonchev–Trinajstić information content (AvgIpc) is 3.35. The number of hydrogen-bond acceptors (Lipinski definition) is 6. The maximum absolute atomic E-state index is 13.3. The number of para-hydroxylation sites is 1. The van der Waals surface area contributed by atoms with E-state index in [0.29, 0.717) is 32.7 Å². The summed E-state index contributed by atoms with van der Waals surface area (Å²) in [5.74, 6) is -0.365. The van der Waals surface area contributed by atoms with E-state index >= 15 is 0 Å². The number of hydrogen-bond donors (Lipinski definition) is 1. The number of carbonyl (C=O) groups excluding carboxylic acids is 1. The van der Waals surface area contributed by atoms with E-state index in [1.54, 1.807) is 17.1 Å². The van der Waals surface area contributed by atoms with Gasteiger partial charge in [0.1, 0.15) is 9.77 Å². The summed E-state index contributed by atoms with van der Waals surface area (Å²) in [7, 11) is -3.74. The van der Waals surface area contributed by atoms with Gasteiger partial charge >= 0.3 is 0 Å². The van der Waals surface area contributed by atoms with Crippen LogP contribution < -0.4 is 10.2 Å². The number of benzene rings is 2. The van der Waals surface area contributed by atoms with E-state index in [9.17, 15) is 13.2 Å². The highest BCUT2D eigenvalue weighted by molar-refractivity contribution is 7.98. The SMILES string of the molecule is CSc1ccc(CNC(=O)c2sccc2S(=O)(=O)N2CCN(c3ccccc3)CC2)cc1. The first kappa shape index (κ1) is 22.8. The molecular formula is C23H25N3O3S3. The molecule has 1 aromatic heterocycles. The zero-order valence-corrected chi connectivity index (χ0v) is 20.2. The Hall–Kier alpha value is -2.33. The molecule has 0 atom stereocenters. The van der Waals surface area contributed by atoms with Crippen LogP contribution in [0.1, 0.15) is 15.2 Å². The Morgan fingerprint density at radius 2 is 1.69 bits per heavy atom. The van der Waals surface area contributed by atoms with Crippen molar-refractivity contribution in [1.29, 1.82) is 0 Å². The normalized spacial score (nSPS) is 15.0. The molecule has 168 valence electrons. The van der Waals surface area contributed by atoms with Crippen molar-refractivity contribution < 1.29 is 13.2 Å². The molecule has 0 spiro atoms. The molecule has 9 heteroatoms. The Kier molecular flexibility index (Phi) is 7.20. The first-order valence-electron chi connectivity index (χ1n) is 10.3. The van der Waals surface area contributed by atoms with Gasteiger partial charge in [0.2, 0.25) is 10.0 Å². The van der Waals surface area contributed by atoms with Crippen LogP contribution in [-0.2, 0) is 16.6 Å². The van der Waals surface area contributed by atoms with Gasteiger partial charge in [-0.25, -0.2) is 8.42 Å². The molecule has 2 heterocycles. The molecule has 4 rings (SSSR count). The van der Waals surface area contributed by atoms with E-state index in [-0.39, 0.29) is 15.7 Å². The van der Waals surface area contributed by atoms with Crippen molar-refractivity contribution >= 4 is 44.7 Å². The lowest BCUT2D eigenvalue weighted by atomic mass is 10.2. The number of piperazine rings is 1. The summed E-state index contributed by atoms with van der Waals surface area (Å²) in [6, 6.07) is 19.4. The molecule has 1 amide bonds. The van der Waals surface area contributed by atoms with Gasteiger partial charge in [-0.05, 0) is 47.5 Å². The number of rotatable bonds is 7. The van der Waals surface area contributed by atoms with Gasteiger partial charge in [0.25, 0.3) is 5.91 Å². The zero-order chi connectivity index (χ0) is 22.6. The monoisotopic (exact) mass is 487 g/mol. The minimum absolute atomic E-state index is 0.0888. The maximum Gasteiger partial charge on any atom is 0.263 e. The lowest BCUT2D eigenvalue weighted by Gasteiger charge is -2.35. The molecule has 1 aliphatic rings. The van der Waals surface area contributed by atoms with Crippen molar-refractivity contribution in [2.24, 2.45) is 0 Å². The average molecular weight is 488 g/mol. The van der Waals surface area contributed by atoms with Crippen LogP contribution in [0.15, 0.2) is 75.8 Å². The first-order chi connectivity index (χ1) is 15.5. The highest BCUT2D eigenvalue weighted by Crippen LogP contribution is 2.27. The molecule has 3 aromatic rings. The topological polar surface area (TPSA) is 69.7 Å². The van der Waals surface area contributed by atoms with Gasteiger partial charge in [-0.1, -0.05) is 30.3 Å². The van der Waals surface area contributed by atoms with Gasteiger partial charge in [0, 0.05) is 43.3 Å². The third-order valence-corrected chi connectivity index (χ3v) is 9.15. The van der Waals surface area contributed by atoms with Gasteiger partial charge in [-0.15, -0.1) is 23.1 Å². The summed E-state index contributed by atoms with van der Waals surface area (Å²) in [6.07, 6.45) is 2.01. The van der Waals surface area contributed by atoms with E-state index in [1.165, 1.54) is 10.4 Å².